The molecule has 1 aromatic heterocycles. The quantitative estimate of drug-likeness (QED) is 0.793. The van der Waals surface area contributed by atoms with Crippen LogP contribution in [0.4, 0.5) is 0 Å². The lowest BCUT2D eigenvalue weighted by Crippen LogP contribution is -2.55. The summed E-state index contributed by atoms with van der Waals surface area (Å²) in [4.78, 5) is 16.9. The van der Waals surface area contributed by atoms with Crippen molar-refractivity contribution in [2.45, 2.75) is 24.4 Å². The molecule has 130 valence electrons. The number of amides is 1. The number of imidazole rings is 1. The third kappa shape index (κ3) is 2.03. The van der Waals surface area contributed by atoms with Crippen molar-refractivity contribution in [3.05, 3.63) is 72.2 Å². The Kier molecular flexibility index (Phi) is 3.19. The van der Waals surface area contributed by atoms with Crippen molar-refractivity contribution < 1.29 is 9.53 Å². The van der Waals surface area contributed by atoms with E-state index in [-0.39, 0.29) is 17.5 Å². The average Bonchev–Trinajstić information content (AvgIpc) is 3.22. The van der Waals surface area contributed by atoms with Crippen LogP contribution in [0.5, 0.6) is 5.75 Å². The van der Waals surface area contributed by atoms with Crippen LogP contribution in [-0.2, 0) is 5.54 Å². The number of aromatic nitrogens is 2. The van der Waals surface area contributed by atoms with Crippen LogP contribution < -0.4 is 10.1 Å². The van der Waals surface area contributed by atoms with E-state index in [2.05, 4.69) is 39.1 Å². The van der Waals surface area contributed by atoms with Crippen LogP contribution in [0.3, 0.4) is 0 Å². The van der Waals surface area contributed by atoms with Gasteiger partial charge in [0.25, 0.3) is 5.91 Å². The zero-order chi connectivity index (χ0) is 17.7. The van der Waals surface area contributed by atoms with Gasteiger partial charge in [-0.25, -0.2) is 4.98 Å². The van der Waals surface area contributed by atoms with Crippen LogP contribution in [-0.4, -0.2) is 28.6 Å². The summed E-state index contributed by atoms with van der Waals surface area (Å²) in [7, 11) is 1.60. The van der Waals surface area contributed by atoms with Crippen LogP contribution in [0.15, 0.2) is 61.1 Å². The highest BCUT2D eigenvalue weighted by molar-refractivity contribution is 5.95. The molecule has 0 unspecified atom stereocenters. The maximum absolute atomic E-state index is 12.6. The summed E-state index contributed by atoms with van der Waals surface area (Å²) < 4.78 is 7.48. The number of nitrogens with one attached hydrogen (secondary N) is 1. The number of benzene rings is 2. The fraction of sp³-hybridized carbons (Fsp3) is 0.238. The van der Waals surface area contributed by atoms with E-state index in [1.165, 1.54) is 11.1 Å². The van der Waals surface area contributed by atoms with Gasteiger partial charge >= 0.3 is 0 Å². The van der Waals surface area contributed by atoms with Gasteiger partial charge < -0.3 is 14.6 Å². The first-order chi connectivity index (χ1) is 12.7. The highest BCUT2D eigenvalue weighted by Crippen LogP contribution is 2.54. The van der Waals surface area contributed by atoms with E-state index in [1.807, 2.05) is 30.7 Å². The Labute approximate surface area is 151 Å². The van der Waals surface area contributed by atoms with Crippen LogP contribution >= 0.6 is 0 Å². The molecule has 1 aliphatic heterocycles. The first-order valence-electron chi connectivity index (χ1n) is 8.79. The minimum Gasteiger partial charge on any atom is -0.497 e. The monoisotopic (exact) mass is 345 g/mol. The first-order valence-corrected chi connectivity index (χ1v) is 8.79. The van der Waals surface area contributed by atoms with E-state index in [0.717, 1.165) is 18.5 Å². The van der Waals surface area contributed by atoms with E-state index in [9.17, 15) is 4.79 Å². The molecular weight excluding hydrogens is 326 g/mol. The summed E-state index contributed by atoms with van der Waals surface area (Å²) in [5, 5.41) is 3.16. The third-order valence-corrected chi connectivity index (χ3v) is 5.64. The fourth-order valence-corrected chi connectivity index (χ4v) is 4.38. The Morgan fingerprint density at radius 3 is 2.92 bits per heavy atom. The van der Waals surface area contributed by atoms with Crippen LogP contribution in [0.2, 0.25) is 0 Å². The predicted octanol–water partition coefficient (Wildman–Crippen LogP) is 3.21. The van der Waals surface area contributed by atoms with Crippen molar-refractivity contribution in [1.82, 2.24) is 14.9 Å². The third-order valence-electron chi connectivity index (χ3n) is 5.64. The second-order valence-electron chi connectivity index (χ2n) is 7.04. The zero-order valence-corrected chi connectivity index (χ0v) is 14.5. The Morgan fingerprint density at radius 1 is 1.23 bits per heavy atom. The second kappa shape index (κ2) is 5.46. The van der Waals surface area contributed by atoms with Gasteiger partial charge in [-0.05, 0) is 36.6 Å². The summed E-state index contributed by atoms with van der Waals surface area (Å²) in [6, 6.07) is 15.9. The van der Waals surface area contributed by atoms with Gasteiger partial charge in [-0.15, -0.1) is 0 Å². The zero-order valence-electron chi connectivity index (χ0n) is 14.5. The van der Waals surface area contributed by atoms with E-state index in [4.69, 9.17) is 4.74 Å². The van der Waals surface area contributed by atoms with Crippen LogP contribution in [0, 0.1) is 0 Å². The standard InChI is InChI=1S/C21H19N3O2/c1-26-16-6-4-5-14(9-16)20(25)23-15-10-21(11-15)18-8-3-2-7-17(18)19-12-22-13-24(19)21/h2-9,12-13,15H,10-11H2,1H3,(H,23,25). The van der Waals surface area contributed by atoms with Crippen molar-refractivity contribution in [3.63, 3.8) is 0 Å². The molecule has 1 N–H and O–H groups in total. The predicted molar refractivity (Wildman–Crippen MR) is 98.2 cm³/mol. The molecule has 0 saturated heterocycles. The summed E-state index contributed by atoms with van der Waals surface area (Å²) in [5.74, 6) is 0.636. The minimum absolute atomic E-state index is 0.0547. The van der Waals surface area contributed by atoms with Crippen molar-refractivity contribution >= 4 is 5.91 Å². The Bertz CT molecular complexity index is 1000. The van der Waals surface area contributed by atoms with Gasteiger partial charge in [0.1, 0.15) is 5.75 Å². The molecule has 0 bridgehead atoms. The number of carbonyl (C=O) groups excluding carboxylic acids is 1. The Balaban J connectivity index is 1.37. The maximum atomic E-state index is 12.6. The van der Waals surface area contributed by atoms with E-state index in [0.29, 0.717) is 11.3 Å². The van der Waals surface area contributed by atoms with Crippen molar-refractivity contribution in [1.29, 1.82) is 0 Å². The van der Waals surface area contributed by atoms with Gasteiger partial charge in [-0.3, -0.25) is 4.79 Å². The number of fused-ring (bicyclic) bond motifs is 5. The summed E-state index contributed by atoms with van der Waals surface area (Å²) in [6.45, 7) is 0. The smallest absolute Gasteiger partial charge is 0.251 e. The topological polar surface area (TPSA) is 56.1 Å². The summed E-state index contributed by atoms with van der Waals surface area (Å²) in [5.41, 5.74) is 4.31. The average molecular weight is 345 g/mol. The highest BCUT2D eigenvalue weighted by atomic mass is 16.5. The Morgan fingerprint density at radius 2 is 2.08 bits per heavy atom. The van der Waals surface area contributed by atoms with E-state index < -0.39 is 0 Å². The molecule has 2 aromatic carbocycles. The Hall–Kier alpha value is -3.08. The van der Waals surface area contributed by atoms with Gasteiger partial charge in [-0.1, -0.05) is 30.3 Å². The molecule has 1 aliphatic carbocycles. The number of hydrogen-bond acceptors (Lipinski definition) is 3. The molecule has 5 heteroatoms. The van der Waals surface area contributed by atoms with Gasteiger partial charge in [-0.2, -0.15) is 0 Å². The van der Waals surface area contributed by atoms with E-state index >= 15 is 0 Å². The van der Waals surface area contributed by atoms with Gasteiger partial charge in [0.15, 0.2) is 0 Å². The largest absolute Gasteiger partial charge is 0.497 e. The van der Waals surface area contributed by atoms with Crippen LogP contribution in [0.25, 0.3) is 11.3 Å². The number of carbonyl (C=O) groups is 1. The van der Waals surface area contributed by atoms with Crippen molar-refractivity contribution in [3.8, 4) is 17.0 Å². The summed E-state index contributed by atoms with van der Waals surface area (Å²) in [6.07, 6.45) is 5.59. The molecule has 1 spiro atoms. The molecule has 1 fully saturated rings. The molecule has 5 nitrogen and oxygen atoms in total. The molecule has 2 heterocycles. The molecule has 1 amide bonds. The molecule has 5 rings (SSSR count). The van der Waals surface area contributed by atoms with Crippen LogP contribution in [0.1, 0.15) is 28.8 Å². The number of rotatable bonds is 3. The minimum atomic E-state index is -0.0747. The van der Waals surface area contributed by atoms with Gasteiger partial charge in [0, 0.05) is 17.2 Å². The van der Waals surface area contributed by atoms with E-state index in [1.54, 1.807) is 13.2 Å². The number of nitrogens with zero attached hydrogens (tertiary/aromatic N) is 2. The molecule has 2 aliphatic rings. The molecule has 1 saturated carbocycles. The van der Waals surface area contributed by atoms with Crippen molar-refractivity contribution in [2.24, 2.45) is 0 Å². The lowest BCUT2D eigenvalue weighted by molar-refractivity contribution is 0.0835. The van der Waals surface area contributed by atoms with Gasteiger partial charge in [0.05, 0.1) is 30.9 Å². The van der Waals surface area contributed by atoms with Crippen molar-refractivity contribution in [2.75, 3.05) is 7.11 Å². The molecular formula is C21H19N3O2. The maximum Gasteiger partial charge on any atom is 0.251 e. The normalized spacial score (nSPS) is 22.4. The van der Waals surface area contributed by atoms with Gasteiger partial charge in [0.2, 0.25) is 0 Å². The molecule has 3 aromatic rings. The number of hydrogen-bond donors (Lipinski definition) is 1. The fourth-order valence-electron chi connectivity index (χ4n) is 4.38. The SMILES string of the molecule is COc1cccc(C(=O)NC2CC3(C2)c2ccccc2-c2cncn23)c1. The molecule has 26 heavy (non-hydrogen) atoms. The lowest BCUT2D eigenvalue weighted by Gasteiger charge is -2.47. The highest BCUT2D eigenvalue weighted by Gasteiger charge is 2.52. The second-order valence-corrected chi connectivity index (χ2v) is 7.04. The molecule has 0 atom stereocenters. The number of methoxy groups -OCH3 is 1. The molecule has 0 radical (unpaired) electrons. The summed E-state index contributed by atoms with van der Waals surface area (Å²) >= 11 is 0. The lowest BCUT2D eigenvalue weighted by atomic mass is 9.68. The first kappa shape index (κ1) is 15.2. The number of ether oxygens (including phenoxy) is 1.